The Morgan fingerprint density at radius 3 is 2.68 bits per heavy atom. The summed E-state index contributed by atoms with van der Waals surface area (Å²) < 4.78 is 0. The Balaban J connectivity index is 1.84. The van der Waals surface area contributed by atoms with Crippen LogP contribution in [0.15, 0.2) is 36.4 Å². The number of carbonyl (C=O) groups is 1. The lowest BCUT2D eigenvalue weighted by Crippen LogP contribution is -2.34. The van der Waals surface area contributed by atoms with Crippen LogP contribution in [0.4, 0.5) is 17.1 Å². The summed E-state index contributed by atoms with van der Waals surface area (Å²) in [6.07, 6.45) is 2.46. The molecule has 1 heterocycles. The largest absolute Gasteiger partial charge is 0.397 e. The maximum atomic E-state index is 12.5. The van der Waals surface area contributed by atoms with E-state index in [1.165, 1.54) is 12.8 Å². The van der Waals surface area contributed by atoms with Gasteiger partial charge in [-0.05, 0) is 67.6 Å². The molecule has 0 aliphatic carbocycles. The van der Waals surface area contributed by atoms with E-state index in [0.29, 0.717) is 27.9 Å². The molecule has 0 aromatic heterocycles. The Morgan fingerprint density at radius 1 is 1.28 bits per heavy atom. The maximum absolute atomic E-state index is 12.5. The molecule has 3 rings (SSSR count). The predicted molar refractivity (Wildman–Crippen MR) is 106 cm³/mol. The lowest BCUT2D eigenvalue weighted by molar-refractivity contribution is 0.102. The minimum atomic E-state index is -0.190. The van der Waals surface area contributed by atoms with Crippen LogP contribution in [0.1, 0.15) is 35.7 Å². The second kappa shape index (κ2) is 7.36. The monoisotopic (exact) mass is 357 g/mol. The Hall–Kier alpha value is -2.20. The molecule has 1 saturated heterocycles. The number of nitrogens with two attached hydrogens (primary N) is 1. The highest BCUT2D eigenvalue weighted by atomic mass is 35.5. The van der Waals surface area contributed by atoms with Crippen molar-refractivity contribution in [3.05, 3.63) is 52.5 Å². The van der Waals surface area contributed by atoms with Crippen molar-refractivity contribution in [3.63, 3.8) is 0 Å². The van der Waals surface area contributed by atoms with E-state index < -0.39 is 0 Å². The number of halogens is 1. The standard InChI is InChI=1S/C20H24ClN3O/c1-13-4-3-9-24(12-13)19-11-18(17(22)10-14(19)2)23-20(25)15-5-7-16(21)8-6-15/h5-8,10-11,13H,3-4,9,12,22H2,1-2H3,(H,23,25). The second-order valence-electron chi connectivity index (χ2n) is 6.88. The van der Waals surface area contributed by atoms with E-state index in [1.54, 1.807) is 24.3 Å². The molecule has 132 valence electrons. The average Bonchev–Trinajstić information content (AvgIpc) is 2.57. The fraction of sp³-hybridized carbons (Fsp3) is 0.350. The molecule has 5 heteroatoms. The Bertz CT molecular complexity index is 773. The lowest BCUT2D eigenvalue weighted by Gasteiger charge is -2.34. The van der Waals surface area contributed by atoms with Gasteiger partial charge in [0.25, 0.3) is 5.91 Å². The highest BCUT2D eigenvalue weighted by molar-refractivity contribution is 6.30. The fourth-order valence-electron chi connectivity index (χ4n) is 3.37. The molecule has 3 N–H and O–H groups in total. The van der Waals surface area contributed by atoms with E-state index in [-0.39, 0.29) is 5.91 Å². The number of nitrogens with one attached hydrogen (secondary N) is 1. The zero-order valence-electron chi connectivity index (χ0n) is 14.7. The van der Waals surface area contributed by atoms with Gasteiger partial charge in [-0.3, -0.25) is 4.79 Å². The van der Waals surface area contributed by atoms with Gasteiger partial charge in [-0.15, -0.1) is 0 Å². The van der Waals surface area contributed by atoms with Gasteiger partial charge in [-0.2, -0.15) is 0 Å². The van der Waals surface area contributed by atoms with E-state index in [2.05, 4.69) is 24.1 Å². The van der Waals surface area contributed by atoms with E-state index in [4.69, 9.17) is 17.3 Å². The molecule has 2 aromatic rings. The van der Waals surface area contributed by atoms with Crippen molar-refractivity contribution < 1.29 is 4.79 Å². The molecule has 1 aliphatic rings. The Morgan fingerprint density at radius 2 is 2.00 bits per heavy atom. The van der Waals surface area contributed by atoms with Gasteiger partial charge < -0.3 is 16.0 Å². The molecule has 0 radical (unpaired) electrons. The fourth-order valence-corrected chi connectivity index (χ4v) is 3.50. The molecule has 0 saturated carbocycles. The lowest BCUT2D eigenvalue weighted by atomic mass is 9.98. The van der Waals surface area contributed by atoms with Gasteiger partial charge in [-0.1, -0.05) is 18.5 Å². The predicted octanol–water partition coefficient (Wildman–Crippen LogP) is 4.72. The van der Waals surface area contributed by atoms with Crippen LogP contribution >= 0.6 is 11.6 Å². The topological polar surface area (TPSA) is 58.4 Å². The zero-order chi connectivity index (χ0) is 18.0. The summed E-state index contributed by atoms with van der Waals surface area (Å²) in [6, 6.07) is 10.7. The molecule has 4 nitrogen and oxygen atoms in total. The first-order chi connectivity index (χ1) is 11.9. The SMILES string of the molecule is Cc1cc(N)c(NC(=O)c2ccc(Cl)cc2)cc1N1CCCC(C)C1. The molecule has 1 unspecified atom stereocenters. The number of aryl methyl sites for hydroxylation is 1. The number of hydrogen-bond donors (Lipinski definition) is 2. The zero-order valence-corrected chi connectivity index (χ0v) is 15.4. The van der Waals surface area contributed by atoms with Crippen molar-refractivity contribution in [2.75, 3.05) is 29.0 Å². The van der Waals surface area contributed by atoms with Crippen LogP contribution in [0.25, 0.3) is 0 Å². The molecule has 1 amide bonds. The second-order valence-corrected chi connectivity index (χ2v) is 7.32. The minimum absolute atomic E-state index is 0.190. The molecule has 0 spiro atoms. The van der Waals surface area contributed by atoms with Crippen molar-refractivity contribution in [1.82, 2.24) is 0 Å². The molecular formula is C20H24ClN3O. The van der Waals surface area contributed by atoms with Gasteiger partial charge in [0, 0.05) is 29.4 Å². The molecule has 25 heavy (non-hydrogen) atoms. The summed E-state index contributed by atoms with van der Waals surface area (Å²) in [5.74, 6) is 0.489. The average molecular weight is 358 g/mol. The minimum Gasteiger partial charge on any atom is -0.397 e. The van der Waals surface area contributed by atoms with Gasteiger partial charge in [0.05, 0.1) is 11.4 Å². The van der Waals surface area contributed by atoms with Crippen LogP contribution in [0.2, 0.25) is 5.02 Å². The van der Waals surface area contributed by atoms with Crippen LogP contribution in [0.3, 0.4) is 0 Å². The van der Waals surface area contributed by atoms with Gasteiger partial charge in [0.2, 0.25) is 0 Å². The number of rotatable bonds is 3. The summed E-state index contributed by atoms with van der Waals surface area (Å²) in [5, 5.41) is 3.53. The van der Waals surface area contributed by atoms with E-state index in [0.717, 1.165) is 24.3 Å². The Kier molecular flexibility index (Phi) is 5.19. The number of hydrogen-bond acceptors (Lipinski definition) is 3. The number of nitrogens with zero attached hydrogens (tertiary/aromatic N) is 1. The summed E-state index contributed by atoms with van der Waals surface area (Å²) in [7, 11) is 0. The molecule has 1 aliphatic heterocycles. The van der Waals surface area contributed by atoms with Crippen molar-refractivity contribution >= 4 is 34.6 Å². The van der Waals surface area contributed by atoms with Crippen molar-refractivity contribution in [2.45, 2.75) is 26.7 Å². The van der Waals surface area contributed by atoms with Gasteiger partial charge >= 0.3 is 0 Å². The van der Waals surface area contributed by atoms with E-state index in [1.807, 2.05) is 12.1 Å². The third kappa shape index (κ3) is 4.07. The van der Waals surface area contributed by atoms with E-state index >= 15 is 0 Å². The molecular weight excluding hydrogens is 334 g/mol. The third-order valence-electron chi connectivity index (χ3n) is 4.72. The Labute approximate surface area is 154 Å². The van der Waals surface area contributed by atoms with Crippen LogP contribution in [0, 0.1) is 12.8 Å². The number of amides is 1. The first kappa shape index (κ1) is 17.6. The molecule has 1 atom stereocenters. The van der Waals surface area contributed by atoms with Gasteiger partial charge in [-0.25, -0.2) is 0 Å². The first-order valence-corrected chi connectivity index (χ1v) is 9.04. The quantitative estimate of drug-likeness (QED) is 0.781. The molecule has 2 aromatic carbocycles. The number of nitrogen functional groups attached to an aromatic ring is 1. The maximum Gasteiger partial charge on any atom is 0.255 e. The van der Waals surface area contributed by atoms with E-state index in [9.17, 15) is 4.79 Å². The van der Waals surface area contributed by atoms with Gasteiger partial charge in [0.1, 0.15) is 0 Å². The van der Waals surface area contributed by atoms with Crippen LogP contribution in [-0.4, -0.2) is 19.0 Å². The summed E-state index contributed by atoms with van der Waals surface area (Å²) in [6.45, 7) is 6.42. The molecule has 0 bridgehead atoms. The summed E-state index contributed by atoms with van der Waals surface area (Å²) >= 11 is 5.88. The summed E-state index contributed by atoms with van der Waals surface area (Å²) in [5.41, 5.74) is 10.2. The number of anilines is 3. The number of benzene rings is 2. The van der Waals surface area contributed by atoms with Crippen molar-refractivity contribution in [1.29, 1.82) is 0 Å². The number of piperidine rings is 1. The van der Waals surface area contributed by atoms with Gasteiger partial charge in [0.15, 0.2) is 0 Å². The van der Waals surface area contributed by atoms with Crippen LogP contribution in [0.5, 0.6) is 0 Å². The summed E-state index contributed by atoms with van der Waals surface area (Å²) in [4.78, 5) is 14.9. The van der Waals surface area contributed by atoms with Crippen molar-refractivity contribution in [3.8, 4) is 0 Å². The van der Waals surface area contributed by atoms with Crippen LogP contribution in [-0.2, 0) is 0 Å². The van der Waals surface area contributed by atoms with Crippen LogP contribution < -0.4 is 16.0 Å². The highest BCUT2D eigenvalue weighted by Gasteiger charge is 2.19. The number of carbonyl (C=O) groups excluding carboxylic acids is 1. The third-order valence-corrected chi connectivity index (χ3v) is 4.97. The molecule has 1 fully saturated rings. The van der Waals surface area contributed by atoms with Crippen molar-refractivity contribution in [2.24, 2.45) is 5.92 Å². The normalized spacial score (nSPS) is 17.4. The first-order valence-electron chi connectivity index (χ1n) is 8.66. The smallest absolute Gasteiger partial charge is 0.255 e. The highest BCUT2D eigenvalue weighted by Crippen LogP contribution is 2.32.